The van der Waals surface area contributed by atoms with Crippen molar-refractivity contribution in [3.05, 3.63) is 24.3 Å². The fraction of sp³-hybridized carbons (Fsp3) is 0.821. The molecular formula is C39H71NO6. The Kier molecular flexibility index (Phi) is 29.7. The van der Waals surface area contributed by atoms with Gasteiger partial charge < -0.3 is 19.1 Å². The maximum atomic E-state index is 12.8. The van der Waals surface area contributed by atoms with Gasteiger partial charge in [-0.2, -0.15) is 0 Å². The highest BCUT2D eigenvalue weighted by Gasteiger charge is 2.21. The quantitative estimate of drug-likeness (QED) is 0.0333. The van der Waals surface area contributed by atoms with E-state index in [9.17, 15) is 14.4 Å². The van der Waals surface area contributed by atoms with Crippen LogP contribution >= 0.6 is 0 Å². The maximum Gasteiger partial charge on any atom is 0.410 e. The number of allylic oxidation sites excluding steroid dienone is 2. The van der Waals surface area contributed by atoms with Gasteiger partial charge in [-0.15, -0.1) is 0 Å². The molecule has 0 spiro atoms. The number of carbonyl (C=O) groups excluding carboxylic acids is 3. The number of unbranched alkanes of at least 4 members (excludes halogenated alkanes) is 16. The molecule has 0 aliphatic heterocycles. The highest BCUT2D eigenvalue weighted by Crippen LogP contribution is 2.14. The van der Waals surface area contributed by atoms with E-state index in [1.54, 1.807) is 0 Å². The fourth-order valence-electron chi connectivity index (χ4n) is 5.00. The highest BCUT2D eigenvalue weighted by atomic mass is 16.6. The summed E-state index contributed by atoms with van der Waals surface area (Å²) in [5.74, 6) is -0.245. The van der Waals surface area contributed by atoms with Crippen LogP contribution in [0.5, 0.6) is 0 Å². The Morgan fingerprint density at radius 3 is 1.33 bits per heavy atom. The summed E-state index contributed by atoms with van der Waals surface area (Å²) in [7, 11) is 0. The van der Waals surface area contributed by atoms with E-state index in [0.717, 1.165) is 77.0 Å². The number of nitrogens with zero attached hydrogens (tertiary/aromatic N) is 1. The molecule has 1 amide bonds. The molecule has 0 saturated heterocycles. The van der Waals surface area contributed by atoms with Gasteiger partial charge in [-0.1, -0.05) is 115 Å². The van der Waals surface area contributed by atoms with Crippen LogP contribution in [0.15, 0.2) is 24.3 Å². The Bertz CT molecular complexity index is 749. The molecule has 0 unspecified atom stereocenters. The lowest BCUT2D eigenvalue weighted by Gasteiger charge is -2.27. The second-order valence-electron chi connectivity index (χ2n) is 13.5. The average molecular weight is 650 g/mol. The summed E-state index contributed by atoms with van der Waals surface area (Å²) in [5, 5.41) is 0. The van der Waals surface area contributed by atoms with E-state index in [-0.39, 0.29) is 18.0 Å². The van der Waals surface area contributed by atoms with Crippen LogP contribution in [-0.2, 0) is 23.8 Å². The molecule has 268 valence electrons. The number of amides is 1. The first-order chi connectivity index (χ1) is 22.2. The molecule has 0 aliphatic rings. The second-order valence-corrected chi connectivity index (χ2v) is 13.5. The molecular weight excluding hydrogens is 578 g/mol. The monoisotopic (exact) mass is 650 g/mol. The number of esters is 2. The van der Waals surface area contributed by atoms with Gasteiger partial charge in [0.15, 0.2) is 0 Å². The Labute approximate surface area is 283 Å². The first-order valence-electron chi connectivity index (χ1n) is 18.8. The number of hydrogen-bond donors (Lipinski definition) is 0. The van der Waals surface area contributed by atoms with Crippen molar-refractivity contribution in [2.75, 3.05) is 26.3 Å². The van der Waals surface area contributed by atoms with Gasteiger partial charge in [0.25, 0.3) is 0 Å². The summed E-state index contributed by atoms with van der Waals surface area (Å²) < 4.78 is 16.3. The summed E-state index contributed by atoms with van der Waals surface area (Å²) in [4.78, 5) is 38.5. The highest BCUT2D eigenvalue weighted by molar-refractivity contribution is 5.69. The van der Waals surface area contributed by atoms with Crippen LogP contribution in [0.2, 0.25) is 0 Å². The van der Waals surface area contributed by atoms with E-state index < -0.39 is 5.60 Å². The van der Waals surface area contributed by atoms with Crippen LogP contribution in [0.25, 0.3) is 0 Å². The number of carbonyl (C=O) groups is 3. The molecule has 46 heavy (non-hydrogen) atoms. The van der Waals surface area contributed by atoms with Gasteiger partial charge in [-0.25, -0.2) is 4.79 Å². The van der Waals surface area contributed by atoms with Crippen LogP contribution in [0.4, 0.5) is 4.79 Å². The van der Waals surface area contributed by atoms with Crippen molar-refractivity contribution in [3.63, 3.8) is 0 Å². The number of ether oxygens (including phenoxy) is 3. The SMILES string of the molecule is CCCCCCC=CCOC(=O)CCCCCCCN(CCCCCCCC(=O)OCC=CCCCCCC)C(=O)OC(C)(C)C. The summed E-state index contributed by atoms with van der Waals surface area (Å²) in [5.41, 5.74) is -0.520. The Morgan fingerprint density at radius 1 is 0.522 bits per heavy atom. The molecule has 0 heterocycles. The first-order valence-corrected chi connectivity index (χ1v) is 18.8. The molecule has 0 aliphatic carbocycles. The number of hydrogen-bond acceptors (Lipinski definition) is 6. The molecule has 0 aromatic carbocycles. The van der Waals surface area contributed by atoms with E-state index in [1.807, 2.05) is 37.8 Å². The summed E-state index contributed by atoms with van der Waals surface area (Å²) >= 11 is 0. The predicted octanol–water partition coefficient (Wildman–Crippen LogP) is 11.0. The largest absolute Gasteiger partial charge is 0.461 e. The van der Waals surface area contributed by atoms with Crippen molar-refractivity contribution in [2.24, 2.45) is 0 Å². The summed E-state index contributed by atoms with van der Waals surface area (Å²) in [6.07, 6.45) is 30.5. The number of rotatable bonds is 30. The third-order valence-corrected chi connectivity index (χ3v) is 7.73. The lowest BCUT2D eigenvalue weighted by Crippen LogP contribution is -2.38. The lowest BCUT2D eigenvalue weighted by atomic mass is 10.1. The van der Waals surface area contributed by atoms with Gasteiger partial charge in [0.1, 0.15) is 18.8 Å². The van der Waals surface area contributed by atoms with Gasteiger partial charge in [-0.3, -0.25) is 9.59 Å². The van der Waals surface area contributed by atoms with Crippen LogP contribution in [0.1, 0.15) is 176 Å². The normalized spacial score (nSPS) is 11.8. The van der Waals surface area contributed by atoms with E-state index in [2.05, 4.69) is 26.0 Å². The van der Waals surface area contributed by atoms with Gasteiger partial charge >= 0.3 is 18.0 Å². The lowest BCUT2D eigenvalue weighted by molar-refractivity contribution is -0.143. The Morgan fingerprint density at radius 2 is 0.913 bits per heavy atom. The predicted molar refractivity (Wildman–Crippen MR) is 191 cm³/mol. The van der Waals surface area contributed by atoms with E-state index >= 15 is 0 Å². The smallest absolute Gasteiger partial charge is 0.410 e. The fourth-order valence-corrected chi connectivity index (χ4v) is 5.00. The molecule has 0 atom stereocenters. The minimum absolute atomic E-state index is 0.122. The summed E-state index contributed by atoms with van der Waals surface area (Å²) in [6.45, 7) is 12.2. The third-order valence-electron chi connectivity index (χ3n) is 7.73. The van der Waals surface area contributed by atoms with Gasteiger partial charge in [0, 0.05) is 25.9 Å². The molecule has 0 fully saturated rings. The molecule has 7 nitrogen and oxygen atoms in total. The molecule has 0 rings (SSSR count). The van der Waals surface area contributed by atoms with Crippen LogP contribution in [0.3, 0.4) is 0 Å². The van der Waals surface area contributed by atoms with Crippen molar-refractivity contribution in [1.82, 2.24) is 4.90 Å². The third kappa shape index (κ3) is 31.7. The van der Waals surface area contributed by atoms with Gasteiger partial charge in [-0.05, 0) is 72.1 Å². The van der Waals surface area contributed by atoms with Crippen molar-refractivity contribution in [3.8, 4) is 0 Å². The molecule has 0 N–H and O–H groups in total. The Hall–Kier alpha value is -2.31. The molecule has 0 radical (unpaired) electrons. The van der Waals surface area contributed by atoms with Crippen LogP contribution in [0, 0.1) is 0 Å². The standard InChI is InChI=1S/C39H71NO6/c1-6-8-10-12-14-22-28-34-44-36(41)30-24-18-16-20-26-32-40(38(43)46-39(3,4)5)33-27-21-17-19-25-31-37(42)45-35-29-23-15-13-11-9-7-2/h22-23,28-29H,6-21,24-27,30-35H2,1-5H3. The Balaban J connectivity index is 4.04. The van der Waals surface area contributed by atoms with Crippen molar-refractivity contribution in [1.29, 1.82) is 0 Å². The molecule has 0 bridgehead atoms. The second kappa shape index (κ2) is 31.3. The van der Waals surface area contributed by atoms with Crippen molar-refractivity contribution in [2.45, 2.75) is 181 Å². The van der Waals surface area contributed by atoms with Gasteiger partial charge in [0.2, 0.25) is 0 Å². The van der Waals surface area contributed by atoms with Crippen LogP contribution < -0.4 is 0 Å². The summed E-state index contributed by atoms with van der Waals surface area (Å²) in [6, 6.07) is 0. The van der Waals surface area contributed by atoms with E-state index in [4.69, 9.17) is 14.2 Å². The zero-order valence-corrected chi connectivity index (χ0v) is 30.6. The van der Waals surface area contributed by atoms with E-state index in [1.165, 1.54) is 51.4 Å². The topological polar surface area (TPSA) is 82.1 Å². The minimum atomic E-state index is -0.520. The zero-order chi connectivity index (χ0) is 34.1. The van der Waals surface area contributed by atoms with Gasteiger partial charge in [0.05, 0.1) is 0 Å². The molecule has 7 heteroatoms. The zero-order valence-electron chi connectivity index (χ0n) is 30.6. The van der Waals surface area contributed by atoms with Crippen molar-refractivity contribution < 1.29 is 28.6 Å². The molecule has 0 aromatic heterocycles. The molecule has 0 saturated carbocycles. The first kappa shape index (κ1) is 43.7. The van der Waals surface area contributed by atoms with E-state index in [0.29, 0.717) is 39.1 Å². The molecule has 0 aromatic rings. The minimum Gasteiger partial charge on any atom is -0.461 e. The van der Waals surface area contributed by atoms with Crippen molar-refractivity contribution >= 4 is 18.0 Å². The average Bonchev–Trinajstić information content (AvgIpc) is 3.00. The maximum absolute atomic E-state index is 12.8. The van der Waals surface area contributed by atoms with Crippen LogP contribution in [-0.4, -0.2) is 54.8 Å².